The van der Waals surface area contributed by atoms with Crippen molar-refractivity contribution in [2.75, 3.05) is 5.33 Å². The predicted octanol–water partition coefficient (Wildman–Crippen LogP) is 6.30. The molecule has 2 rings (SSSR count). The molecule has 1 saturated carbocycles. The monoisotopic (exact) mass is 336 g/mol. The van der Waals surface area contributed by atoms with E-state index in [1.807, 2.05) is 0 Å². The zero-order chi connectivity index (χ0) is 14.4. The summed E-state index contributed by atoms with van der Waals surface area (Å²) in [6, 6.07) is 9.08. The first kappa shape index (κ1) is 16.1. The lowest BCUT2D eigenvalue weighted by atomic mass is 9.68. The molecule has 1 heteroatoms. The number of alkyl halides is 1. The molecule has 0 spiro atoms. The van der Waals surface area contributed by atoms with Crippen LogP contribution in [0.15, 0.2) is 24.3 Å². The van der Waals surface area contributed by atoms with Gasteiger partial charge in [-0.15, -0.1) is 0 Å². The van der Waals surface area contributed by atoms with E-state index >= 15 is 0 Å². The molecule has 112 valence electrons. The van der Waals surface area contributed by atoms with Crippen molar-refractivity contribution in [1.29, 1.82) is 0 Å². The molecule has 20 heavy (non-hydrogen) atoms. The molecule has 1 aliphatic carbocycles. The van der Waals surface area contributed by atoms with E-state index in [9.17, 15) is 0 Å². The molecular weight excluding hydrogens is 308 g/mol. The molecule has 0 amide bonds. The van der Waals surface area contributed by atoms with Crippen LogP contribution in [0.5, 0.6) is 0 Å². The maximum atomic E-state index is 3.82. The highest BCUT2D eigenvalue weighted by atomic mass is 79.9. The summed E-state index contributed by atoms with van der Waals surface area (Å²) in [5.41, 5.74) is 3.43. The van der Waals surface area contributed by atoms with Crippen molar-refractivity contribution in [3.63, 3.8) is 0 Å². The van der Waals surface area contributed by atoms with E-state index in [1.54, 1.807) is 0 Å². The SMILES string of the molecule is CCCCC1CCC(CBr)(Cc2cccc(C)c2)CC1. The van der Waals surface area contributed by atoms with Crippen LogP contribution in [0.25, 0.3) is 0 Å². The number of rotatable bonds is 6. The lowest BCUT2D eigenvalue weighted by molar-refractivity contribution is 0.168. The maximum Gasteiger partial charge on any atom is 0.00911 e. The summed E-state index contributed by atoms with van der Waals surface area (Å²) >= 11 is 3.82. The summed E-state index contributed by atoms with van der Waals surface area (Å²) < 4.78 is 0. The first-order chi connectivity index (χ1) is 9.67. The number of benzene rings is 1. The Morgan fingerprint density at radius 3 is 2.60 bits per heavy atom. The van der Waals surface area contributed by atoms with Crippen LogP contribution in [0.4, 0.5) is 0 Å². The van der Waals surface area contributed by atoms with E-state index < -0.39 is 0 Å². The number of hydrogen-bond donors (Lipinski definition) is 0. The second kappa shape index (κ2) is 7.64. The largest absolute Gasteiger partial charge is 0.0922 e. The lowest BCUT2D eigenvalue weighted by Crippen LogP contribution is -2.31. The number of aryl methyl sites for hydroxylation is 1. The van der Waals surface area contributed by atoms with Gasteiger partial charge in [0.1, 0.15) is 0 Å². The van der Waals surface area contributed by atoms with Gasteiger partial charge in [0.25, 0.3) is 0 Å². The summed E-state index contributed by atoms with van der Waals surface area (Å²) in [4.78, 5) is 0. The molecule has 1 aromatic rings. The fraction of sp³-hybridized carbons (Fsp3) is 0.684. The highest BCUT2D eigenvalue weighted by Gasteiger charge is 2.34. The van der Waals surface area contributed by atoms with Crippen LogP contribution < -0.4 is 0 Å². The molecule has 0 heterocycles. The van der Waals surface area contributed by atoms with Gasteiger partial charge in [-0.3, -0.25) is 0 Å². The minimum Gasteiger partial charge on any atom is -0.0922 e. The summed E-state index contributed by atoms with van der Waals surface area (Å²) in [7, 11) is 0. The summed E-state index contributed by atoms with van der Waals surface area (Å²) in [5.74, 6) is 1.000. The zero-order valence-electron chi connectivity index (χ0n) is 13.1. The maximum absolute atomic E-state index is 3.82. The average molecular weight is 337 g/mol. The smallest absolute Gasteiger partial charge is 0.00911 e. The highest BCUT2D eigenvalue weighted by molar-refractivity contribution is 9.09. The van der Waals surface area contributed by atoms with E-state index in [0.29, 0.717) is 5.41 Å². The topological polar surface area (TPSA) is 0 Å². The molecule has 0 radical (unpaired) electrons. The minimum absolute atomic E-state index is 0.510. The third-order valence-electron chi connectivity index (χ3n) is 5.08. The Hall–Kier alpha value is -0.300. The van der Waals surface area contributed by atoms with Crippen LogP contribution in [0, 0.1) is 18.3 Å². The van der Waals surface area contributed by atoms with E-state index in [4.69, 9.17) is 0 Å². The Morgan fingerprint density at radius 2 is 2.00 bits per heavy atom. The molecule has 0 saturated heterocycles. The average Bonchev–Trinajstić information content (AvgIpc) is 2.47. The van der Waals surface area contributed by atoms with Gasteiger partial charge in [0.15, 0.2) is 0 Å². The second-order valence-electron chi connectivity index (χ2n) is 6.89. The molecule has 0 atom stereocenters. The third-order valence-corrected chi connectivity index (χ3v) is 6.27. The normalized spacial score (nSPS) is 26.6. The van der Waals surface area contributed by atoms with E-state index in [1.165, 1.54) is 62.5 Å². The minimum atomic E-state index is 0.510. The lowest BCUT2D eigenvalue weighted by Gasteiger charge is -2.39. The molecule has 0 aliphatic heterocycles. The van der Waals surface area contributed by atoms with Crippen LogP contribution in [0.1, 0.15) is 63.0 Å². The van der Waals surface area contributed by atoms with Gasteiger partial charge in [-0.2, -0.15) is 0 Å². The third kappa shape index (κ3) is 4.35. The number of unbranched alkanes of at least 4 members (excludes halogenated alkanes) is 1. The zero-order valence-corrected chi connectivity index (χ0v) is 14.7. The van der Waals surface area contributed by atoms with Crippen LogP contribution in [-0.2, 0) is 6.42 Å². The highest BCUT2D eigenvalue weighted by Crippen LogP contribution is 2.44. The summed E-state index contributed by atoms with van der Waals surface area (Å²) in [5, 5.41) is 1.16. The Kier molecular flexibility index (Phi) is 6.14. The van der Waals surface area contributed by atoms with Crippen LogP contribution in [0.3, 0.4) is 0 Å². The fourth-order valence-corrected chi connectivity index (χ4v) is 4.44. The molecule has 1 aromatic carbocycles. The van der Waals surface area contributed by atoms with Gasteiger partial charge in [-0.1, -0.05) is 71.9 Å². The van der Waals surface area contributed by atoms with Gasteiger partial charge in [-0.25, -0.2) is 0 Å². The molecular formula is C19H29Br. The van der Waals surface area contributed by atoms with Crippen LogP contribution in [-0.4, -0.2) is 5.33 Å². The van der Waals surface area contributed by atoms with Crippen LogP contribution in [0.2, 0.25) is 0 Å². The van der Waals surface area contributed by atoms with Gasteiger partial charge < -0.3 is 0 Å². The molecule has 1 aliphatic rings. The molecule has 0 nitrogen and oxygen atoms in total. The van der Waals surface area contributed by atoms with Gasteiger partial charge in [0.2, 0.25) is 0 Å². The second-order valence-corrected chi connectivity index (χ2v) is 7.45. The van der Waals surface area contributed by atoms with Crippen molar-refractivity contribution in [3.05, 3.63) is 35.4 Å². The van der Waals surface area contributed by atoms with Crippen LogP contribution >= 0.6 is 15.9 Å². The molecule has 0 aromatic heterocycles. The van der Waals surface area contributed by atoms with E-state index in [0.717, 1.165) is 11.2 Å². The Balaban J connectivity index is 1.94. The van der Waals surface area contributed by atoms with Crippen molar-refractivity contribution in [3.8, 4) is 0 Å². The standard InChI is InChI=1S/C19H29Br/c1-3-4-7-17-9-11-19(15-20,12-10-17)14-18-8-5-6-16(2)13-18/h5-6,8,13,17H,3-4,7,9-12,14-15H2,1-2H3. The van der Waals surface area contributed by atoms with Gasteiger partial charge in [0, 0.05) is 5.33 Å². The van der Waals surface area contributed by atoms with Gasteiger partial charge >= 0.3 is 0 Å². The van der Waals surface area contributed by atoms with Crippen molar-refractivity contribution >= 4 is 15.9 Å². The Labute approximate surface area is 133 Å². The van der Waals surface area contributed by atoms with E-state index in [-0.39, 0.29) is 0 Å². The molecule has 0 unspecified atom stereocenters. The fourth-order valence-electron chi connectivity index (χ4n) is 3.68. The van der Waals surface area contributed by atoms with E-state index in [2.05, 4.69) is 54.0 Å². The summed E-state index contributed by atoms with van der Waals surface area (Å²) in [6.45, 7) is 4.51. The van der Waals surface area contributed by atoms with Crippen molar-refractivity contribution in [2.45, 2.75) is 65.2 Å². The molecule has 0 bridgehead atoms. The van der Waals surface area contributed by atoms with Crippen molar-refractivity contribution < 1.29 is 0 Å². The number of halogens is 1. The predicted molar refractivity (Wildman–Crippen MR) is 92.6 cm³/mol. The Bertz CT molecular complexity index is 402. The van der Waals surface area contributed by atoms with Gasteiger partial charge in [0.05, 0.1) is 0 Å². The molecule has 1 fully saturated rings. The number of hydrogen-bond acceptors (Lipinski definition) is 0. The molecule has 0 N–H and O–H groups in total. The quantitative estimate of drug-likeness (QED) is 0.534. The van der Waals surface area contributed by atoms with Crippen molar-refractivity contribution in [1.82, 2.24) is 0 Å². The van der Waals surface area contributed by atoms with Crippen molar-refractivity contribution in [2.24, 2.45) is 11.3 Å². The summed E-state index contributed by atoms with van der Waals surface area (Å²) in [6.07, 6.45) is 11.2. The van der Waals surface area contributed by atoms with Gasteiger partial charge in [-0.05, 0) is 55.9 Å². The first-order valence-electron chi connectivity index (χ1n) is 8.29. The first-order valence-corrected chi connectivity index (χ1v) is 9.41. The Morgan fingerprint density at radius 1 is 1.25 bits per heavy atom.